The van der Waals surface area contributed by atoms with Crippen molar-refractivity contribution < 1.29 is 26.8 Å². The van der Waals surface area contributed by atoms with Gasteiger partial charge in [-0.15, -0.1) is 0 Å². The van der Waals surface area contributed by atoms with Gasteiger partial charge < -0.3 is 4.42 Å². The van der Waals surface area contributed by atoms with E-state index >= 15 is 0 Å². The molecule has 2 aliphatic heterocycles. The van der Waals surface area contributed by atoms with Gasteiger partial charge in [0, 0.05) is 11.1 Å². The van der Waals surface area contributed by atoms with Crippen molar-refractivity contribution in [3.8, 4) is 17.4 Å². The van der Waals surface area contributed by atoms with Crippen LogP contribution in [-0.2, 0) is 19.4 Å². The Morgan fingerprint density at radius 3 is 2.48 bits per heavy atom. The van der Waals surface area contributed by atoms with Crippen molar-refractivity contribution in [2.45, 2.75) is 19.4 Å². The molecular weight excluding hydrogens is 423 g/mol. The molecule has 0 spiro atoms. The highest BCUT2D eigenvalue weighted by Crippen LogP contribution is 2.32. The topological polar surface area (TPSA) is 108 Å². The Morgan fingerprint density at radius 1 is 1.16 bits per heavy atom. The van der Waals surface area contributed by atoms with Gasteiger partial charge in [0.15, 0.2) is 9.84 Å². The molecule has 0 radical (unpaired) electrons. The summed E-state index contributed by atoms with van der Waals surface area (Å²) in [5, 5.41) is 9.47. The fourth-order valence-corrected chi connectivity index (χ4v) is 5.45. The summed E-state index contributed by atoms with van der Waals surface area (Å²) in [6.45, 7) is 1.49. The second-order valence-corrected chi connectivity index (χ2v) is 9.64. The predicted molar refractivity (Wildman–Crippen MR) is 109 cm³/mol. The Hall–Kier alpha value is -3.51. The Labute approximate surface area is 178 Å². The zero-order valence-corrected chi connectivity index (χ0v) is 17.3. The summed E-state index contributed by atoms with van der Waals surface area (Å²) in [7, 11) is -3.35. The molecule has 1 fully saturated rings. The van der Waals surface area contributed by atoms with Gasteiger partial charge in [-0.05, 0) is 61.4 Å². The number of hydrogen-bond acceptors (Lipinski definition) is 6. The first-order valence-electron chi connectivity index (χ1n) is 9.47. The maximum absolute atomic E-state index is 13.1. The van der Waals surface area contributed by atoms with E-state index in [0.717, 1.165) is 4.90 Å². The number of carbonyl (C=O) groups excluding carboxylic acids is 2. The summed E-state index contributed by atoms with van der Waals surface area (Å²) in [5.41, 5.74) is 0.717. The van der Waals surface area contributed by atoms with Crippen LogP contribution in [0.3, 0.4) is 0 Å². The number of imide groups is 1. The summed E-state index contributed by atoms with van der Waals surface area (Å²) >= 11 is 0. The summed E-state index contributed by atoms with van der Waals surface area (Å²) in [4.78, 5) is 26.8. The van der Waals surface area contributed by atoms with Gasteiger partial charge in [-0.3, -0.25) is 14.5 Å². The number of halogens is 1. The molecule has 0 bridgehead atoms. The van der Waals surface area contributed by atoms with Crippen molar-refractivity contribution in [1.29, 1.82) is 5.26 Å². The zero-order valence-electron chi connectivity index (χ0n) is 16.5. The lowest BCUT2D eigenvalue weighted by Gasteiger charge is -2.31. The lowest BCUT2D eigenvalue weighted by molar-refractivity contribution is -0.142. The van der Waals surface area contributed by atoms with Gasteiger partial charge in [-0.25, -0.2) is 12.8 Å². The lowest BCUT2D eigenvalue weighted by Crippen LogP contribution is -2.49. The molecule has 2 amide bonds. The van der Waals surface area contributed by atoms with Crippen molar-refractivity contribution in [1.82, 2.24) is 4.90 Å². The summed E-state index contributed by atoms with van der Waals surface area (Å²) < 4.78 is 42.6. The average molecular weight is 440 g/mol. The van der Waals surface area contributed by atoms with E-state index < -0.39 is 27.7 Å². The highest BCUT2D eigenvalue weighted by Gasteiger charge is 2.43. The molecule has 0 saturated carbocycles. The molecule has 2 aliphatic rings. The van der Waals surface area contributed by atoms with Gasteiger partial charge in [0.25, 0.3) is 11.8 Å². The predicted octanol–water partition coefficient (Wildman–Crippen LogP) is 2.87. The number of hydrogen-bond donors (Lipinski definition) is 0. The van der Waals surface area contributed by atoms with Gasteiger partial charge in [0.05, 0.1) is 17.5 Å². The molecule has 1 unspecified atom stereocenters. The van der Waals surface area contributed by atoms with Gasteiger partial charge in [0.1, 0.15) is 29.0 Å². The quantitative estimate of drug-likeness (QED) is 0.536. The van der Waals surface area contributed by atoms with Crippen LogP contribution in [0.2, 0.25) is 0 Å². The third-order valence-corrected chi connectivity index (χ3v) is 7.14. The SMILES string of the molecule is CC1=C(C#N)C(=O)N(C2CCS(=O)(=O)C2)C(=O)/C1=C/c1ccc(-c2ccc(F)cc2)o1. The highest BCUT2D eigenvalue weighted by atomic mass is 32.2. The first-order chi connectivity index (χ1) is 14.7. The van der Waals surface area contributed by atoms with Crippen LogP contribution in [-0.4, -0.2) is 42.7 Å². The van der Waals surface area contributed by atoms with E-state index in [1.54, 1.807) is 24.3 Å². The molecule has 4 rings (SSSR count). The molecule has 9 heteroatoms. The number of furan rings is 1. The minimum absolute atomic E-state index is 0.0838. The average Bonchev–Trinajstić information content (AvgIpc) is 3.32. The van der Waals surface area contributed by atoms with E-state index in [1.807, 2.05) is 6.07 Å². The van der Waals surface area contributed by atoms with Crippen molar-refractivity contribution in [3.63, 3.8) is 0 Å². The molecule has 1 aromatic carbocycles. The summed E-state index contributed by atoms with van der Waals surface area (Å²) in [6.07, 6.45) is 1.56. The standard InChI is InChI=1S/C22H17FN2O5S/c1-13-18(10-17-6-7-20(30-17)14-2-4-15(23)5-3-14)21(26)25(22(27)19(13)11-24)16-8-9-31(28,29)12-16/h2-7,10,16H,8-9,12H2,1H3/b18-10+. The summed E-state index contributed by atoms with van der Waals surface area (Å²) in [6, 6.07) is 9.99. The molecular formula is C22H17FN2O5S. The number of benzene rings is 1. The van der Waals surface area contributed by atoms with Crippen molar-refractivity contribution in [3.05, 3.63) is 64.7 Å². The number of nitriles is 1. The first-order valence-corrected chi connectivity index (χ1v) is 11.3. The van der Waals surface area contributed by atoms with Crippen molar-refractivity contribution >= 4 is 27.7 Å². The van der Waals surface area contributed by atoms with Crippen molar-refractivity contribution in [2.24, 2.45) is 0 Å². The first kappa shape index (κ1) is 20.8. The molecule has 2 aromatic rings. The van der Waals surface area contributed by atoms with E-state index in [1.165, 1.54) is 25.1 Å². The fraction of sp³-hybridized carbons (Fsp3) is 0.227. The van der Waals surface area contributed by atoms with Crippen LogP contribution < -0.4 is 0 Å². The van der Waals surface area contributed by atoms with E-state index in [9.17, 15) is 27.7 Å². The van der Waals surface area contributed by atoms with Crippen LogP contribution >= 0.6 is 0 Å². The van der Waals surface area contributed by atoms with Crippen LogP contribution in [0, 0.1) is 17.1 Å². The smallest absolute Gasteiger partial charge is 0.271 e. The van der Waals surface area contributed by atoms with Gasteiger partial charge >= 0.3 is 0 Å². The number of carbonyl (C=O) groups is 2. The maximum atomic E-state index is 13.1. The Kier molecular flexibility index (Phi) is 5.11. The molecule has 31 heavy (non-hydrogen) atoms. The van der Waals surface area contributed by atoms with Crippen LogP contribution in [0.25, 0.3) is 17.4 Å². The molecule has 1 atom stereocenters. The molecule has 158 valence electrons. The number of amides is 2. The normalized spacial score (nSPS) is 22.3. The molecule has 1 aromatic heterocycles. The lowest BCUT2D eigenvalue weighted by atomic mass is 9.93. The second-order valence-electron chi connectivity index (χ2n) is 7.42. The molecule has 0 aliphatic carbocycles. The number of sulfone groups is 1. The van der Waals surface area contributed by atoms with E-state index in [0.29, 0.717) is 17.1 Å². The van der Waals surface area contributed by atoms with Crippen LogP contribution in [0.4, 0.5) is 4.39 Å². The summed E-state index contributed by atoms with van der Waals surface area (Å²) in [5.74, 6) is -1.50. The van der Waals surface area contributed by atoms with Gasteiger partial charge in [-0.2, -0.15) is 5.26 Å². The van der Waals surface area contributed by atoms with Crippen molar-refractivity contribution in [2.75, 3.05) is 11.5 Å². The third-order valence-electron chi connectivity index (χ3n) is 5.39. The van der Waals surface area contributed by atoms with Gasteiger partial charge in [-0.1, -0.05) is 0 Å². The minimum Gasteiger partial charge on any atom is -0.457 e. The van der Waals surface area contributed by atoms with Crippen LogP contribution in [0.1, 0.15) is 19.1 Å². The molecule has 0 N–H and O–H groups in total. The minimum atomic E-state index is -3.35. The van der Waals surface area contributed by atoms with E-state index in [4.69, 9.17) is 4.42 Å². The number of rotatable bonds is 3. The van der Waals surface area contributed by atoms with Crippen LogP contribution in [0.5, 0.6) is 0 Å². The fourth-order valence-electron chi connectivity index (χ4n) is 3.75. The zero-order chi connectivity index (χ0) is 22.3. The third kappa shape index (κ3) is 3.82. The Morgan fingerprint density at radius 2 is 1.87 bits per heavy atom. The largest absolute Gasteiger partial charge is 0.457 e. The Balaban J connectivity index is 1.73. The Bertz CT molecular complexity index is 1300. The second kappa shape index (κ2) is 7.63. The number of nitrogens with zero attached hydrogens (tertiary/aromatic N) is 2. The van der Waals surface area contributed by atoms with Crippen LogP contribution in [0.15, 0.2) is 57.5 Å². The molecule has 7 nitrogen and oxygen atoms in total. The molecule has 1 saturated heterocycles. The monoisotopic (exact) mass is 440 g/mol. The highest BCUT2D eigenvalue weighted by molar-refractivity contribution is 7.91. The molecule has 3 heterocycles. The van der Waals surface area contributed by atoms with Gasteiger partial charge in [0.2, 0.25) is 0 Å². The maximum Gasteiger partial charge on any atom is 0.271 e. The van der Waals surface area contributed by atoms with E-state index in [-0.39, 0.29) is 40.5 Å². The van der Waals surface area contributed by atoms with E-state index in [2.05, 4.69) is 0 Å².